The summed E-state index contributed by atoms with van der Waals surface area (Å²) in [6.45, 7) is 0.119. The molecule has 1 aliphatic heterocycles. The van der Waals surface area contributed by atoms with Crippen LogP contribution in [-0.2, 0) is 17.9 Å². The van der Waals surface area contributed by atoms with Gasteiger partial charge in [-0.3, -0.25) is 14.4 Å². The van der Waals surface area contributed by atoms with Gasteiger partial charge in [0.05, 0.1) is 5.39 Å². The van der Waals surface area contributed by atoms with Crippen molar-refractivity contribution in [1.29, 1.82) is 0 Å². The second-order valence-electron chi connectivity index (χ2n) is 6.40. The standard InChI is InChI=1S/C20H18N4O5/c1-21-19(26)18-13-4-2-3-5-14(13)20(27)24(23-18)10-17(25)22-9-12-6-7-15-16(8-12)29-11-28-15/h2-8H,9-11H2,1H3,(H,21,26)(H,22,25). The molecule has 2 N–H and O–H groups in total. The molecule has 0 aliphatic carbocycles. The van der Waals surface area contributed by atoms with Crippen LogP contribution in [0.1, 0.15) is 16.1 Å². The van der Waals surface area contributed by atoms with Crippen LogP contribution in [0.25, 0.3) is 10.8 Å². The van der Waals surface area contributed by atoms with Crippen LogP contribution in [0.3, 0.4) is 0 Å². The minimum Gasteiger partial charge on any atom is -0.454 e. The van der Waals surface area contributed by atoms with Crippen molar-refractivity contribution in [3.63, 3.8) is 0 Å². The molecule has 0 radical (unpaired) electrons. The summed E-state index contributed by atoms with van der Waals surface area (Å²) in [6, 6.07) is 12.0. The molecular weight excluding hydrogens is 376 g/mol. The Morgan fingerprint density at radius 3 is 2.66 bits per heavy atom. The zero-order valence-electron chi connectivity index (χ0n) is 15.6. The van der Waals surface area contributed by atoms with Gasteiger partial charge >= 0.3 is 0 Å². The molecule has 0 saturated heterocycles. The summed E-state index contributed by atoms with van der Waals surface area (Å²) in [7, 11) is 1.48. The Hall–Kier alpha value is -3.88. The number of nitrogens with zero attached hydrogens (tertiary/aromatic N) is 2. The largest absolute Gasteiger partial charge is 0.454 e. The quantitative estimate of drug-likeness (QED) is 0.662. The van der Waals surface area contributed by atoms with E-state index in [1.54, 1.807) is 36.4 Å². The van der Waals surface area contributed by atoms with Crippen molar-refractivity contribution in [3.8, 4) is 11.5 Å². The maximum Gasteiger partial charge on any atom is 0.275 e. The molecule has 1 aliphatic rings. The third-order valence-electron chi connectivity index (χ3n) is 4.53. The van der Waals surface area contributed by atoms with Gasteiger partial charge in [0, 0.05) is 19.0 Å². The molecule has 0 bridgehead atoms. The van der Waals surface area contributed by atoms with Crippen LogP contribution in [0.15, 0.2) is 47.3 Å². The molecule has 29 heavy (non-hydrogen) atoms. The number of amides is 2. The van der Waals surface area contributed by atoms with Crippen molar-refractivity contribution in [1.82, 2.24) is 20.4 Å². The second-order valence-corrected chi connectivity index (χ2v) is 6.40. The van der Waals surface area contributed by atoms with E-state index < -0.39 is 17.4 Å². The first-order chi connectivity index (χ1) is 14.1. The number of fused-ring (bicyclic) bond motifs is 2. The lowest BCUT2D eigenvalue weighted by atomic mass is 10.1. The number of carbonyl (C=O) groups excluding carboxylic acids is 2. The maximum absolute atomic E-state index is 12.7. The first-order valence-corrected chi connectivity index (χ1v) is 8.94. The van der Waals surface area contributed by atoms with E-state index in [2.05, 4.69) is 15.7 Å². The van der Waals surface area contributed by atoms with E-state index in [9.17, 15) is 14.4 Å². The molecule has 0 atom stereocenters. The first kappa shape index (κ1) is 18.5. The maximum atomic E-state index is 12.7. The van der Waals surface area contributed by atoms with Crippen LogP contribution in [0.5, 0.6) is 11.5 Å². The number of benzene rings is 2. The van der Waals surface area contributed by atoms with Gasteiger partial charge in [0.1, 0.15) is 6.54 Å². The molecule has 9 nitrogen and oxygen atoms in total. The van der Waals surface area contributed by atoms with Crippen molar-refractivity contribution in [2.45, 2.75) is 13.1 Å². The van der Waals surface area contributed by atoms with Crippen LogP contribution in [0.2, 0.25) is 0 Å². The van der Waals surface area contributed by atoms with Crippen LogP contribution in [0, 0.1) is 0 Å². The molecule has 9 heteroatoms. The second kappa shape index (κ2) is 7.63. The molecular formula is C20H18N4O5. The lowest BCUT2D eigenvalue weighted by Gasteiger charge is -2.11. The third-order valence-corrected chi connectivity index (χ3v) is 4.53. The van der Waals surface area contributed by atoms with Gasteiger partial charge < -0.3 is 20.1 Å². The van der Waals surface area contributed by atoms with Crippen molar-refractivity contribution in [3.05, 3.63) is 64.1 Å². The van der Waals surface area contributed by atoms with Gasteiger partial charge in [-0.05, 0) is 23.8 Å². The topological polar surface area (TPSA) is 112 Å². The van der Waals surface area contributed by atoms with Crippen LogP contribution >= 0.6 is 0 Å². The Labute approximate surface area is 165 Å². The summed E-state index contributed by atoms with van der Waals surface area (Å²) in [5.74, 6) is 0.444. The van der Waals surface area contributed by atoms with E-state index in [0.29, 0.717) is 22.3 Å². The van der Waals surface area contributed by atoms with Gasteiger partial charge in [0.25, 0.3) is 11.5 Å². The minimum atomic E-state index is -0.438. The SMILES string of the molecule is CNC(=O)c1nn(CC(=O)NCc2ccc3c(c2)OCO3)c(=O)c2ccccc12. The molecule has 2 amide bonds. The number of ether oxygens (including phenoxy) is 2. The molecule has 2 heterocycles. The number of rotatable bonds is 5. The fourth-order valence-corrected chi connectivity index (χ4v) is 3.07. The predicted molar refractivity (Wildman–Crippen MR) is 104 cm³/mol. The molecule has 148 valence electrons. The Bertz CT molecular complexity index is 1170. The lowest BCUT2D eigenvalue weighted by Crippen LogP contribution is -2.35. The summed E-state index contributed by atoms with van der Waals surface area (Å²) in [5.41, 5.74) is 0.477. The normalized spacial score (nSPS) is 12.0. The van der Waals surface area contributed by atoms with Gasteiger partial charge in [-0.1, -0.05) is 24.3 Å². The smallest absolute Gasteiger partial charge is 0.275 e. The van der Waals surface area contributed by atoms with Crippen molar-refractivity contribution < 1.29 is 19.1 Å². The average molecular weight is 394 g/mol. The van der Waals surface area contributed by atoms with Gasteiger partial charge in [0.2, 0.25) is 12.7 Å². The highest BCUT2D eigenvalue weighted by Gasteiger charge is 2.17. The summed E-state index contributed by atoms with van der Waals surface area (Å²) >= 11 is 0. The number of aromatic nitrogens is 2. The number of hydrogen-bond acceptors (Lipinski definition) is 6. The van der Waals surface area contributed by atoms with E-state index >= 15 is 0 Å². The summed E-state index contributed by atoms with van der Waals surface area (Å²) < 4.78 is 11.6. The first-order valence-electron chi connectivity index (χ1n) is 8.94. The van der Waals surface area contributed by atoms with Gasteiger partial charge in [0.15, 0.2) is 17.2 Å². The molecule has 0 saturated carbocycles. The van der Waals surface area contributed by atoms with Gasteiger partial charge in [-0.25, -0.2) is 4.68 Å². The number of carbonyl (C=O) groups is 2. The zero-order chi connectivity index (χ0) is 20.4. The molecule has 4 rings (SSSR count). The van der Waals surface area contributed by atoms with Crippen molar-refractivity contribution >= 4 is 22.6 Å². The Balaban J connectivity index is 1.54. The molecule has 0 spiro atoms. The number of nitrogens with one attached hydrogen (secondary N) is 2. The third kappa shape index (κ3) is 3.62. The predicted octanol–water partition coefficient (Wildman–Crippen LogP) is 0.801. The van der Waals surface area contributed by atoms with Gasteiger partial charge in [-0.15, -0.1) is 0 Å². The lowest BCUT2D eigenvalue weighted by molar-refractivity contribution is -0.122. The highest BCUT2D eigenvalue weighted by molar-refractivity contribution is 6.04. The average Bonchev–Trinajstić information content (AvgIpc) is 3.21. The van der Waals surface area contributed by atoms with Crippen molar-refractivity contribution in [2.75, 3.05) is 13.8 Å². The molecule has 0 fully saturated rings. The summed E-state index contributed by atoms with van der Waals surface area (Å²) in [5, 5.41) is 10.1. The Morgan fingerprint density at radius 2 is 1.86 bits per heavy atom. The highest BCUT2D eigenvalue weighted by Crippen LogP contribution is 2.32. The van der Waals surface area contributed by atoms with Crippen LogP contribution in [0.4, 0.5) is 0 Å². The Kier molecular flexibility index (Phi) is 4.86. The highest BCUT2D eigenvalue weighted by atomic mass is 16.7. The number of hydrogen-bond donors (Lipinski definition) is 2. The minimum absolute atomic E-state index is 0.0891. The molecule has 3 aromatic rings. The van der Waals surface area contributed by atoms with Crippen LogP contribution < -0.4 is 25.7 Å². The fraction of sp³-hybridized carbons (Fsp3) is 0.200. The van der Waals surface area contributed by atoms with Crippen LogP contribution in [-0.4, -0.2) is 35.4 Å². The fourth-order valence-electron chi connectivity index (χ4n) is 3.07. The van der Waals surface area contributed by atoms with E-state index in [0.717, 1.165) is 10.2 Å². The molecule has 0 unspecified atom stereocenters. The van der Waals surface area contributed by atoms with Gasteiger partial charge in [-0.2, -0.15) is 5.10 Å². The summed E-state index contributed by atoms with van der Waals surface area (Å²) in [6.07, 6.45) is 0. The Morgan fingerprint density at radius 1 is 1.10 bits per heavy atom. The van der Waals surface area contributed by atoms with E-state index in [1.165, 1.54) is 7.05 Å². The van der Waals surface area contributed by atoms with Crippen molar-refractivity contribution in [2.24, 2.45) is 0 Å². The van der Waals surface area contributed by atoms with E-state index in [4.69, 9.17) is 9.47 Å². The summed E-state index contributed by atoms with van der Waals surface area (Å²) in [4.78, 5) is 37.2. The van der Waals surface area contributed by atoms with E-state index in [-0.39, 0.29) is 25.6 Å². The molecule has 1 aromatic heterocycles. The monoisotopic (exact) mass is 394 g/mol. The van der Waals surface area contributed by atoms with E-state index in [1.807, 2.05) is 6.07 Å². The zero-order valence-corrected chi connectivity index (χ0v) is 15.6. The molecule has 2 aromatic carbocycles.